The van der Waals surface area contributed by atoms with Gasteiger partial charge >= 0.3 is 5.97 Å². The number of aliphatic hydroxyl groups excluding tert-OH is 1. The van der Waals surface area contributed by atoms with E-state index in [9.17, 15) is 14.7 Å². The topological polar surface area (TPSA) is 83.8 Å². The first-order chi connectivity index (χ1) is 7.19. The van der Waals surface area contributed by atoms with Crippen molar-refractivity contribution in [2.24, 2.45) is 0 Å². The molecule has 0 atom stereocenters. The number of carbonyl (C=O) groups is 2. The van der Waals surface area contributed by atoms with E-state index >= 15 is 0 Å². The average Bonchev–Trinajstić information content (AvgIpc) is 2.26. The van der Waals surface area contributed by atoms with Crippen LogP contribution in [0.25, 0.3) is 0 Å². The molecule has 5 heteroatoms. The lowest BCUT2D eigenvalue weighted by molar-refractivity contribution is 0.0430. The fourth-order valence-corrected chi connectivity index (χ4v) is 1.01. The van der Waals surface area contributed by atoms with Crippen molar-refractivity contribution in [3.05, 3.63) is 29.3 Å². The fourth-order valence-electron chi connectivity index (χ4n) is 1.01. The van der Waals surface area contributed by atoms with E-state index in [4.69, 9.17) is 5.11 Å². The number of benzene rings is 1. The van der Waals surface area contributed by atoms with E-state index < -0.39 is 5.97 Å². The predicted octanol–water partition coefficient (Wildman–Crippen LogP) is 0.354. The van der Waals surface area contributed by atoms with E-state index in [0.29, 0.717) is 6.29 Å². The smallest absolute Gasteiger partial charge is 0.342 e. The van der Waals surface area contributed by atoms with E-state index in [2.05, 4.69) is 4.74 Å². The molecule has 0 fully saturated rings. The van der Waals surface area contributed by atoms with E-state index in [1.165, 1.54) is 18.2 Å². The number of carbonyl (C=O) groups excluding carboxylic acids is 2. The summed E-state index contributed by atoms with van der Waals surface area (Å²) >= 11 is 0. The molecule has 2 N–H and O–H groups in total. The first-order valence-corrected chi connectivity index (χ1v) is 4.25. The van der Waals surface area contributed by atoms with Gasteiger partial charge in [-0.3, -0.25) is 4.79 Å². The van der Waals surface area contributed by atoms with E-state index in [0.717, 1.165) is 0 Å². The number of hydrogen-bond acceptors (Lipinski definition) is 5. The van der Waals surface area contributed by atoms with Crippen LogP contribution in [0.4, 0.5) is 0 Å². The number of esters is 1. The van der Waals surface area contributed by atoms with E-state index in [1.54, 1.807) is 0 Å². The van der Waals surface area contributed by atoms with Gasteiger partial charge in [0.15, 0.2) is 0 Å². The molecule has 0 aliphatic rings. The zero-order valence-electron chi connectivity index (χ0n) is 7.84. The first kappa shape index (κ1) is 11.2. The molecule has 0 saturated carbocycles. The molecule has 0 unspecified atom stereocenters. The summed E-state index contributed by atoms with van der Waals surface area (Å²) in [6.45, 7) is -0.441. The van der Waals surface area contributed by atoms with Gasteiger partial charge in [0.05, 0.1) is 6.61 Å². The van der Waals surface area contributed by atoms with Crippen LogP contribution in [0.5, 0.6) is 5.75 Å². The van der Waals surface area contributed by atoms with Gasteiger partial charge in [-0.15, -0.1) is 0 Å². The lowest BCUT2D eigenvalue weighted by Gasteiger charge is -2.05. The number of ether oxygens (including phenoxy) is 1. The average molecular weight is 210 g/mol. The van der Waals surface area contributed by atoms with Crippen molar-refractivity contribution in [1.29, 1.82) is 0 Å². The van der Waals surface area contributed by atoms with Gasteiger partial charge in [-0.2, -0.15) is 0 Å². The van der Waals surface area contributed by atoms with Gasteiger partial charge in [-0.1, -0.05) is 0 Å². The summed E-state index contributed by atoms with van der Waals surface area (Å²) < 4.78 is 4.59. The van der Waals surface area contributed by atoms with Crippen molar-refractivity contribution in [3.8, 4) is 5.75 Å². The minimum Gasteiger partial charge on any atom is -0.507 e. The van der Waals surface area contributed by atoms with Crippen LogP contribution in [0.1, 0.15) is 20.7 Å². The molecule has 0 bridgehead atoms. The third-order valence-electron chi connectivity index (χ3n) is 1.70. The Morgan fingerprint density at radius 3 is 2.80 bits per heavy atom. The van der Waals surface area contributed by atoms with Gasteiger partial charge in [-0.05, 0) is 18.2 Å². The Hall–Kier alpha value is -1.88. The first-order valence-electron chi connectivity index (χ1n) is 4.25. The third kappa shape index (κ3) is 2.78. The second-order valence-corrected chi connectivity index (χ2v) is 2.75. The van der Waals surface area contributed by atoms with Crippen molar-refractivity contribution in [3.63, 3.8) is 0 Å². The molecule has 0 aliphatic heterocycles. The highest BCUT2D eigenvalue weighted by Gasteiger charge is 2.12. The normalized spacial score (nSPS) is 9.67. The molecule has 0 amide bonds. The number of phenolic OH excluding ortho intramolecular Hbond substituents is 1. The van der Waals surface area contributed by atoms with Crippen LogP contribution in [-0.2, 0) is 4.74 Å². The fraction of sp³-hybridized carbons (Fsp3) is 0.200. The molecule has 1 rings (SSSR count). The zero-order chi connectivity index (χ0) is 11.3. The van der Waals surface area contributed by atoms with Crippen molar-refractivity contribution >= 4 is 12.3 Å². The SMILES string of the molecule is O=Cc1ccc(O)c(C(=O)OCCO)c1. The largest absolute Gasteiger partial charge is 0.507 e. The van der Waals surface area contributed by atoms with Crippen LogP contribution in [0.15, 0.2) is 18.2 Å². The molecule has 1 aromatic rings. The predicted molar refractivity (Wildman–Crippen MR) is 50.9 cm³/mol. The van der Waals surface area contributed by atoms with Crippen molar-refractivity contribution in [2.45, 2.75) is 0 Å². The minimum absolute atomic E-state index is 0.0898. The molecule has 15 heavy (non-hydrogen) atoms. The number of aliphatic hydroxyl groups is 1. The molecule has 0 radical (unpaired) electrons. The van der Waals surface area contributed by atoms with Crippen molar-refractivity contribution in [2.75, 3.05) is 13.2 Å². The Bertz CT molecular complexity index is 372. The molecule has 80 valence electrons. The highest BCUT2D eigenvalue weighted by Crippen LogP contribution is 2.18. The summed E-state index contributed by atoms with van der Waals surface area (Å²) in [6.07, 6.45) is 0.558. The maximum Gasteiger partial charge on any atom is 0.342 e. The van der Waals surface area contributed by atoms with Crippen LogP contribution in [0, 0.1) is 0 Å². The number of aromatic hydroxyl groups is 1. The summed E-state index contributed by atoms with van der Waals surface area (Å²) in [6, 6.07) is 3.84. The molecule has 0 heterocycles. The van der Waals surface area contributed by atoms with Crippen LogP contribution in [0.2, 0.25) is 0 Å². The quantitative estimate of drug-likeness (QED) is 0.553. The molecular formula is C10H10O5. The number of phenols is 1. The number of rotatable bonds is 4. The van der Waals surface area contributed by atoms with E-state index in [1.807, 2.05) is 0 Å². The molecule has 0 aromatic heterocycles. The third-order valence-corrected chi connectivity index (χ3v) is 1.70. The minimum atomic E-state index is -0.773. The van der Waals surface area contributed by atoms with Gasteiger partial charge in [0.25, 0.3) is 0 Å². The second kappa shape index (κ2) is 5.11. The maximum atomic E-state index is 11.3. The highest BCUT2D eigenvalue weighted by molar-refractivity contribution is 5.94. The monoisotopic (exact) mass is 210 g/mol. The van der Waals surface area contributed by atoms with E-state index in [-0.39, 0.29) is 30.1 Å². The Morgan fingerprint density at radius 2 is 2.20 bits per heavy atom. The lowest BCUT2D eigenvalue weighted by atomic mass is 10.1. The van der Waals surface area contributed by atoms with Crippen molar-refractivity contribution < 1.29 is 24.5 Å². The van der Waals surface area contributed by atoms with Crippen LogP contribution in [0.3, 0.4) is 0 Å². The number of hydrogen-bond donors (Lipinski definition) is 2. The Balaban J connectivity index is 2.91. The summed E-state index contributed by atoms with van der Waals surface area (Å²) in [5.74, 6) is -1.03. The standard InChI is InChI=1S/C10H10O5/c11-3-4-15-10(14)8-5-7(6-12)1-2-9(8)13/h1-2,5-6,11,13H,3-4H2. The summed E-state index contributed by atoms with van der Waals surface area (Å²) in [4.78, 5) is 21.7. The number of aldehydes is 1. The lowest BCUT2D eigenvalue weighted by Crippen LogP contribution is -2.09. The summed E-state index contributed by atoms with van der Waals surface area (Å²) in [5.41, 5.74) is 0.178. The van der Waals surface area contributed by atoms with Crippen molar-refractivity contribution in [1.82, 2.24) is 0 Å². The summed E-state index contributed by atoms with van der Waals surface area (Å²) in [5, 5.41) is 17.8. The molecule has 5 nitrogen and oxygen atoms in total. The second-order valence-electron chi connectivity index (χ2n) is 2.75. The Labute approximate surface area is 85.9 Å². The maximum absolute atomic E-state index is 11.3. The van der Waals surface area contributed by atoms with Crippen LogP contribution < -0.4 is 0 Å². The zero-order valence-corrected chi connectivity index (χ0v) is 7.84. The highest BCUT2D eigenvalue weighted by atomic mass is 16.5. The van der Waals surface area contributed by atoms with Crippen LogP contribution >= 0.6 is 0 Å². The Morgan fingerprint density at radius 1 is 1.47 bits per heavy atom. The van der Waals surface area contributed by atoms with Gasteiger partial charge in [0.1, 0.15) is 24.2 Å². The Kier molecular flexibility index (Phi) is 3.82. The van der Waals surface area contributed by atoms with Gasteiger partial charge in [0, 0.05) is 5.56 Å². The molecular weight excluding hydrogens is 200 g/mol. The van der Waals surface area contributed by atoms with Crippen LogP contribution in [-0.4, -0.2) is 35.7 Å². The summed E-state index contributed by atoms with van der Waals surface area (Å²) in [7, 11) is 0. The van der Waals surface area contributed by atoms with Gasteiger partial charge < -0.3 is 14.9 Å². The molecule has 0 saturated heterocycles. The van der Waals surface area contributed by atoms with Gasteiger partial charge in [-0.25, -0.2) is 4.79 Å². The molecule has 0 aliphatic carbocycles. The molecule has 1 aromatic carbocycles. The molecule has 0 spiro atoms. The van der Waals surface area contributed by atoms with Gasteiger partial charge in [0.2, 0.25) is 0 Å².